The van der Waals surface area contributed by atoms with Crippen molar-refractivity contribution in [2.75, 3.05) is 0 Å². The molecule has 0 saturated heterocycles. The Kier molecular flexibility index (Phi) is 4.03. The van der Waals surface area contributed by atoms with Crippen LogP contribution in [0.4, 0.5) is 0 Å². The second-order valence-electron chi connectivity index (χ2n) is 4.15. The summed E-state index contributed by atoms with van der Waals surface area (Å²) in [6.07, 6.45) is 2.04. The maximum Gasteiger partial charge on any atom is 0.305 e. The first-order valence-corrected chi connectivity index (χ1v) is 7.29. The number of rotatable bonds is 5. The van der Waals surface area contributed by atoms with Crippen LogP contribution in [0.2, 0.25) is 0 Å². The number of aliphatic carboxylic acids is 1. The molecule has 1 atom stereocenters. The van der Waals surface area contributed by atoms with E-state index in [4.69, 9.17) is 5.11 Å². The van der Waals surface area contributed by atoms with E-state index < -0.39 is 5.97 Å². The Hall–Kier alpha value is -0.630. The molecule has 1 unspecified atom stereocenters. The molecule has 1 aromatic heterocycles. The van der Waals surface area contributed by atoms with Gasteiger partial charge in [0.15, 0.2) is 0 Å². The summed E-state index contributed by atoms with van der Waals surface area (Å²) >= 11 is 3.66. The topological polar surface area (TPSA) is 66.4 Å². The highest BCUT2D eigenvalue weighted by atomic mass is 127. The van der Waals surface area contributed by atoms with Gasteiger partial charge in [0.2, 0.25) is 0 Å². The lowest BCUT2D eigenvalue weighted by molar-refractivity contribution is -0.137. The van der Waals surface area contributed by atoms with Crippen molar-refractivity contribution < 1.29 is 14.7 Å². The van der Waals surface area contributed by atoms with Crippen LogP contribution < -0.4 is 5.32 Å². The van der Waals surface area contributed by atoms with E-state index in [1.807, 2.05) is 6.07 Å². The second-order valence-corrected chi connectivity index (χ2v) is 6.96. The van der Waals surface area contributed by atoms with Gasteiger partial charge < -0.3 is 10.4 Å². The summed E-state index contributed by atoms with van der Waals surface area (Å²) in [6, 6.07) is 1.59. The monoisotopic (exact) mass is 365 g/mol. The number of carbonyl (C=O) groups excluding carboxylic acids is 1. The zero-order valence-electron chi connectivity index (χ0n) is 8.98. The summed E-state index contributed by atoms with van der Waals surface area (Å²) in [5.41, 5.74) is 0.621. The van der Waals surface area contributed by atoms with Crippen molar-refractivity contribution in [2.24, 2.45) is 5.92 Å². The van der Waals surface area contributed by atoms with Crippen LogP contribution in [0.15, 0.2) is 11.4 Å². The van der Waals surface area contributed by atoms with Gasteiger partial charge >= 0.3 is 5.97 Å². The largest absolute Gasteiger partial charge is 0.481 e. The van der Waals surface area contributed by atoms with Gasteiger partial charge in [-0.3, -0.25) is 9.59 Å². The standard InChI is InChI=1S/C11H12INO3S/c12-9-3-7(5-17-9)11(16)13-8(4-10(14)15)6-1-2-6/h3,5-6,8H,1-2,4H2,(H,13,16)(H,14,15). The molecule has 1 aromatic rings. The third kappa shape index (κ3) is 3.67. The second kappa shape index (κ2) is 5.34. The Balaban J connectivity index is 1.97. The fourth-order valence-electron chi connectivity index (χ4n) is 1.70. The molecule has 1 aliphatic carbocycles. The summed E-state index contributed by atoms with van der Waals surface area (Å²) in [7, 11) is 0. The molecule has 0 aromatic carbocycles. The van der Waals surface area contributed by atoms with E-state index in [0.717, 1.165) is 15.7 Å². The zero-order chi connectivity index (χ0) is 12.4. The Morgan fingerprint density at radius 3 is 2.76 bits per heavy atom. The number of amides is 1. The highest BCUT2D eigenvalue weighted by Gasteiger charge is 2.33. The van der Waals surface area contributed by atoms with Crippen molar-refractivity contribution in [2.45, 2.75) is 25.3 Å². The predicted octanol–water partition coefficient (Wildman–Crippen LogP) is 2.34. The molecule has 1 saturated carbocycles. The molecule has 0 aliphatic heterocycles. The molecule has 17 heavy (non-hydrogen) atoms. The van der Waals surface area contributed by atoms with Gasteiger partial charge in [0, 0.05) is 11.4 Å². The number of hydrogen-bond donors (Lipinski definition) is 2. The van der Waals surface area contributed by atoms with E-state index in [2.05, 4.69) is 27.9 Å². The molecule has 92 valence electrons. The lowest BCUT2D eigenvalue weighted by Gasteiger charge is -2.15. The Bertz CT molecular complexity index is 442. The molecule has 2 N–H and O–H groups in total. The van der Waals surface area contributed by atoms with Crippen molar-refractivity contribution >= 4 is 45.8 Å². The molecule has 4 nitrogen and oxygen atoms in total. The molecule has 1 heterocycles. The van der Waals surface area contributed by atoms with Crippen LogP contribution in [-0.2, 0) is 4.79 Å². The maximum atomic E-state index is 11.9. The van der Waals surface area contributed by atoms with Gasteiger partial charge in [-0.05, 0) is 47.4 Å². The molecular formula is C11H12INO3S. The molecule has 0 radical (unpaired) electrons. The van der Waals surface area contributed by atoms with E-state index in [9.17, 15) is 9.59 Å². The van der Waals surface area contributed by atoms with Crippen LogP contribution >= 0.6 is 33.9 Å². The average molecular weight is 365 g/mol. The third-order valence-corrected chi connectivity index (χ3v) is 4.52. The van der Waals surface area contributed by atoms with E-state index in [1.165, 1.54) is 11.3 Å². The van der Waals surface area contributed by atoms with E-state index in [1.54, 1.807) is 5.38 Å². The predicted molar refractivity (Wildman–Crippen MR) is 73.3 cm³/mol. The number of thiophene rings is 1. The lowest BCUT2D eigenvalue weighted by Crippen LogP contribution is -2.37. The van der Waals surface area contributed by atoms with E-state index >= 15 is 0 Å². The van der Waals surface area contributed by atoms with Crippen LogP contribution in [-0.4, -0.2) is 23.0 Å². The van der Waals surface area contributed by atoms with Crippen LogP contribution in [0, 0.1) is 8.80 Å². The zero-order valence-corrected chi connectivity index (χ0v) is 12.0. The Morgan fingerprint density at radius 2 is 2.29 bits per heavy atom. The summed E-state index contributed by atoms with van der Waals surface area (Å²) in [5, 5.41) is 13.4. The van der Waals surface area contributed by atoms with Gasteiger partial charge in [-0.25, -0.2) is 0 Å². The normalized spacial score (nSPS) is 16.5. The molecule has 1 aliphatic rings. The minimum atomic E-state index is -0.859. The van der Waals surface area contributed by atoms with Gasteiger partial charge in [0.05, 0.1) is 14.9 Å². The number of nitrogens with one attached hydrogen (secondary N) is 1. The summed E-state index contributed by atoms with van der Waals surface area (Å²) in [5.74, 6) is -0.683. The van der Waals surface area contributed by atoms with Gasteiger partial charge in [0.1, 0.15) is 0 Å². The molecule has 0 bridgehead atoms. The average Bonchev–Trinajstić information content (AvgIpc) is 2.99. The van der Waals surface area contributed by atoms with Crippen LogP contribution in [0.1, 0.15) is 29.6 Å². The maximum absolute atomic E-state index is 11.9. The minimum absolute atomic E-state index is 0.0115. The summed E-state index contributed by atoms with van der Waals surface area (Å²) in [4.78, 5) is 22.6. The SMILES string of the molecule is O=C(O)CC(NC(=O)c1csc(I)c1)C1CC1. The number of carboxylic acids is 1. The fraction of sp³-hybridized carbons (Fsp3) is 0.455. The van der Waals surface area contributed by atoms with Crippen molar-refractivity contribution in [3.63, 3.8) is 0 Å². The fourth-order valence-corrected chi connectivity index (χ4v) is 3.03. The summed E-state index contributed by atoms with van der Waals surface area (Å²) in [6.45, 7) is 0. The first-order valence-electron chi connectivity index (χ1n) is 5.33. The quantitative estimate of drug-likeness (QED) is 0.788. The third-order valence-electron chi connectivity index (χ3n) is 2.73. The number of halogens is 1. The highest BCUT2D eigenvalue weighted by Crippen LogP contribution is 2.34. The van der Waals surface area contributed by atoms with Gasteiger partial charge in [0.25, 0.3) is 5.91 Å². The lowest BCUT2D eigenvalue weighted by atomic mass is 10.1. The first-order chi connectivity index (χ1) is 8.06. The number of carboxylic acid groups (broad SMARTS) is 1. The van der Waals surface area contributed by atoms with Gasteiger partial charge in [-0.1, -0.05) is 0 Å². The molecule has 1 amide bonds. The van der Waals surface area contributed by atoms with Crippen molar-refractivity contribution in [1.29, 1.82) is 0 Å². The van der Waals surface area contributed by atoms with E-state index in [0.29, 0.717) is 11.5 Å². The Morgan fingerprint density at radius 1 is 1.59 bits per heavy atom. The van der Waals surface area contributed by atoms with Gasteiger partial charge in [-0.15, -0.1) is 11.3 Å². The highest BCUT2D eigenvalue weighted by molar-refractivity contribution is 14.1. The van der Waals surface area contributed by atoms with Crippen LogP contribution in [0.3, 0.4) is 0 Å². The molecule has 1 fully saturated rings. The minimum Gasteiger partial charge on any atom is -0.481 e. The van der Waals surface area contributed by atoms with Crippen molar-refractivity contribution in [1.82, 2.24) is 5.32 Å². The molecule has 0 spiro atoms. The first kappa shape index (κ1) is 12.8. The number of hydrogen-bond acceptors (Lipinski definition) is 3. The smallest absolute Gasteiger partial charge is 0.305 e. The van der Waals surface area contributed by atoms with Crippen LogP contribution in [0.25, 0.3) is 0 Å². The molecule has 6 heteroatoms. The molecular weight excluding hydrogens is 353 g/mol. The molecule has 2 rings (SSSR count). The van der Waals surface area contributed by atoms with Crippen molar-refractivity contribution in [3.05, 3.63) is 19.9 Å². The van der Waals surface area contributed by atoms with Gasteiger partial charge in [-0.2, -0.15) is 0 Å². The van der Waals surface area contributed by atoms with Crippen LogP contribution in [0.5, 0.6) is 0 Å². The Labute approximate surface area is 117 Å². The van der Waals surface area contributed by atoms with E-state index in [-0.39, 0.29) is 18.4 Å². The van der Waals surface area contributed by atoms with Crippen molar-refractivity contribution in [3.8, 4) is 0 Å². The summed E-state index contributed by atoms with van der Waals surface area (Å²) < 4.78 is 1.05. The number of carbonyl (C=O) groups is 2.